The van der Waals surface area contributed by atoms with Gasteiger partial charge in [0, 0.05) is 43.2 Å². The number of piperidine rings is 2. The summed E-state index contributed by atoms with van der Waals surface area (Å²) in [6, 6.07) is 5.90. The molecule has 0 aliphatic carbocycles. The van der Waals surface area contributed by atoms with Crippen LogP contribution in [0.25, 0.3) is 0 Å². The monoisotopic (exact) mass is 485 g/mol. The lowest BCUT2D eigenvalue weighted by Crippen LogP contribution is -2.44. The average Bonchev–Trinajstić information content (AvgIpc) is 3.21. The van der Waals surface area contributed by atoms with Gasteiger partial charge in [-0.3, -0.25) is 9.78 Å². The molecule has 0 bridgehead atoms. The lowest BCUT2D eigenvalue weighted by Gasteiger charge is -2.40. The highest BCUT2D eigenvalue weighted by molar-refractivity contribution is 7.14. The molecule has 1 amide bonds. The summed E-state index contributed by atoms with van der Waals surface area (Å²) in [5.41, 5.74) is 1.15. The number of rotatable bonds is 3. The Morgan fingerprint density at radius 2 is 1.90 bits per heavy atom. The van der Waals surface area contributed by atoms with Crippen LogP contribution in [0.1, 0.15) is 45.8 Å². The van der Waals surface area contributed by atoms with E-state index in [4.69, 9.17) is 9.47 Å². The van der Waals surface area contributed by atoms with Crippen LogP contribution >= 0.6 is 36.2 Å². The number of hydrogen-bond donors (Lipinski definition) is 1. The van der Waals surface area contributed by atoms with E-state index < -0.39 is 0 Å². The van der Waals surface area contributed by atoms with E-state index in [1.807, 2.05) is 17.0 Å². The molecule has 9 heteroatoms. The van der Waals surface area contributed by atoms with E-state index in [2.05, 4.69) is 16.4 Å². The molecule has 0 radical (unpaired) electrons. The number of fused-ring (bicyclic) bond motifs is 2. The van der Waals surface area contributed by atoms with Crippen LogP contribution in [0, 0.1) is 0 Å². The molecule has 0 atom stereocenters. The number of ether oxygens (including phenoxy) is 2. The maximum atomic E-state index is 13.2. The number of amides is 1. The normalized spacial score (nSPS) is 20.3. The maximum Gasteiger partial charge on any atom is 0.263 e. The second-order valence-electron chi connectivity index (χ2n) is 8.10. The van der Waals surface area contributed by atoms with E-state index in [1.54, 1.807) is 23.7 Å². The third kappa shape index (κ3) is 5.01. The minimum absolute atomic E-state index is 0. The van der Waals surface area contributed by atoms with E-state index in [0.717, 1.165) is 75.5 Å². The summed E-state index contributed by atoms with van der Waals surface area (Å²) in [5.74, 6) is 1.01. The summed E-state index contributed by atoms with van der Waals surface area (Å²) in [7, 11) is 0. The van der Waals surface area contributed by atoms with E-state index in [1.165, 1.54) is 10.4 Å². The van der Waals surface area contributed by atoms with Crippen molar-refractivity contribution in [2.75, 3.05) is 32.8 Å². The molecule has 2 fully saturated rings. The van der Waals surface area contributed by atoms with Gasteiger partial charge in [-0.25, -0.2) is 0 Å². The summed E-state index contributed by atoms with van der Waals surface area (Å²) < 4.78 is 12.3. The summed E-state index contributed by atoms with van der Waals surface area (Å²) in [6.45, 7) is 4.19. The van der Waals surface area contributed by atoms with Gasteiger partial charge in [0.2, 0.25) is 0 Å². The molecule has 2 saturated heterocycles. The fourth-order valence-electron chi connectivity index (χ4n) is 4.67. The highest BCUT2D eigenvalue weighted by atomic mass is 35.5. The molecule has 31 heavy (non-hydrogen) atoms. The van der Waals surface area contributed by atoms with Crippen molar-refractivity contribution in [2.24, 2.45) is 0 Å². The van der Waals surface area contributed by atoms with E-state index in [0.29, 0.717) is 0 Å². The molecule has 3 aliphatic heterocycles. The van der Waals surface area contributed by atoms with Gasteiger partial charge in [-0.15, -0.1) is 36.2 Å². The second kappa shape index (κ2) is 10.5. The standard InChI is InChI=1S/C22H27N3O3S.2ClH/c26-21(25-12-3-18(4-13-25)28-17-1-8-23-9-2-17)19-15-16-5-14-27-22(20(16)29-19)6-10-24-11-7-22;;/h1-2,8-9,15,18,24H,3-7,10-14H2;2*1H. The van der Waals surface area contributed by atoms with Crippen LogP contribution in [-0.4, -0.2) is 54.7 Å². The Morgan fingerprint density at radius 1 is 1.19 bits per heavy atom. The van der Waals surface area contributed by atoms with E-state index in [-0.39, 0.29) is 42.4 Å². The third-order valence-electron chi connectivity index (χ3n) is 6.28. The molecule has 0 saturated carbocycles. The van der Waals surface area contributed by atoms with Gasteiger partial charge in [0.15, 0.2) is 0 Å². The van der Waals surface area contributed by atoms with Gasteiger partial charge in [-0.05, 0) is 56.1 Å². The average molecular weight is 486 g/mol. The quantitative estimate of drug-likeness (QED) is 0.715. The lowest BCUT2D eigenvalue weighted by atomic mass is 9.86. The Bertz CT molecular complexity index is 866. The summed E-state index contributed by atoms with van der Waals surface area (Å²) >= 11 is 1.66. The fourth-order valence-corrected chi connectivity index (χ4v) is 6.05. The first kappa shape index (κ1) is 24.3. The van der Waals surface area contributed by atoms with Crippen molar-refractivity contribution in [3.63, 3.8) is 0 Å². The van der Waals surface area contributed by atoms with Crippen molar-refractivity contribution >= 4 is 42.1 Å². The molecule has 3 aliphatic rings. The topological polar surface area (TPSA) is 63.7 Å². The van der Waals surface area contributed by atoms with Crippen LogP contribution in [0.4, 0.5) is 0 Å². The van der Waals surface area contributed by atoms with Gasteiger partial charge in [-0.1, -0.05) is 0 Å². The number of hydrogen-bond acceptors (Lipinski definition) is 6. The van der Waals surface area contributed by atoms with Crippen LogP contribution in [0.5, 0.6) is 5.75 Å². The van der Waals surface area contributed by atoms with Crippen LogP contribution in [0.3, 0.4) is 0 Å². The summed E-state index contributed by atoms with van der Waals surface area (Å²) in [5, 5.41) is 3.42. The van der Waals surface area contributed by atoms with Crippen LogP contribution in [0.15, 0.2) is 30.6 Å². The van der Waals surface area contributed by atoms with Crippen molar-refractivity contribution in [2.45, 2.75) is 43.8 Å². The first-order valence-corrected chi connectivity index (χ1v) is 11.4. The number of likely N-dealkylation sites (tertiary alicyclic amines) is 1. The zero-order chi connectivity index (χ0) is 19.7. The van der Waals surface area contributed by atoms with Crippen LogP contribution < -0.4 is 10.1 Å². The minimum atomic E-state index is -0.173. The fraction of sp³-hybridized carbons (Fsp3) is 0.545. The zero-order valence-corrected chi connectivity index (χ0v) is 19.8. The number of aromatic nitrogens is 1. The Hall–Kier alpha value is -1.38. The highest BCUT2D eigenvalue weighted by Gasteiger charge is 2.41. The van der Waals surface area contributed by atoms with Crippen molar-refractivity contribution in [1.29, 1.82) is 0 Å². The lowest BCUT2D eigenvalue weighted by molar-refractivity contribution is -0.0771. The van der Waals surface area contributed by atoms with E-state index in [9.17, 15) is 4.79 Å². The van der Waals surface area contributed by atoms with Gasteiger partial charge in [-0.2, -0.15) is 0 Å². The predicted molar refractivity (Wildman–Crippen MR) is 126 cm³/mol. The van der Waals surface area contributed by atoms with Gasteiger partial charge in [0.25, 0.3) is 5.91 Å². The number of halogens is 2. The molecule has 170 valence electrons. The molecular weight excluding hydrogens is 457 g/mol. The number of thiophene rings is 1. The molecule has 0 unspecified atom stereocenters. The first-order chi connectivity index (χ1) is 14.2. The Kier molecular flexibility index (Phi) is 8.21. The molecular formula is C22H29Cl2N3O3S. The van der Waals surface area contributed by atoms with E-state index >= 15 is 0 Å². The maximum absolute atomic E-state index is 13.2. The Balaban J connectivity index is 0.00000136. The number of nitrogens with one attached hydrogen (secondary N) is 1. The molecule has 5 rings (SSSR count). The van der Waals surface area contributed by atoms with Gasteiger partial charge < -0.3 is 19.7 Å². The number of carbonyl (C=O) groups is 1. The number of pyridine rings is 1. The number of nitrogens with zero attached hydrogens (tertiary/aromatic N) is 2. The largest absolute Gasteiger partial charge is 0.490 e. The van der Waals surface area contributed by atoms with Gasteiger partial charge in [0.1, 0.15) is 17.5 Å². The summed E-state index contributed by atoms with van der Waals surface area (Å²) in [6.07, 6.45) is 8.25. The second-order valence-corrected chi connectivity index (χ2v) is 9.15. The number of carbonyl (C=O) groups excluding carboxylic acids is 1. The first-order valence-electron chi connectivity index (χ1n) is 10.6. The van der Waals surface area contributed by atoms with Gasteiger partial charge in [0.05, 0.1) is 11.5 Å². The predicted octanol–water partition coefficient (Wildman–Crippen LogP) is 3.82. The molecule has 6 nitrogen and oxygen atoms in total. The molecule has 2 aromatic rings. The summed E-state index contributed by atoms with van der Waals surface area (Å²) in [4.78, 5) is 21.4. The van der Waals surface area contributed by atoms with Crippen molar-refractivity contribution in [3.05, 3.63) is 45.9 Å². The molecule has 0 aromatic carbocycles. The smallest absolute Gasteiger partial charge is 0.263 e. The molecule has 1 spiro atoms. The van der Waals surface area contributed by atoms with Gasteiger partial charge >= 0.3 is 0 Å². The SMILES string of the molecule is Cl.Cl.O=C(c1cc2c(s1)C1(CCNCC1)OCC2)N1CCC(Oc2ccncc2)CC1. The highest BCUT2D eigenvalue weighted by Crippen LogP contribution is 2.44. The van der Waals surface area contributed by atoms with Crippen molar-refractivity contribution in [3.8, 4) is 5.75 Å². The van der Waals surface area contributed by atoms with Crippen molar-refractivity contribution < 1.29 is 14.3 Å². The molecule has 2 aromatic heterocycles. The minimum Gasteiger partial charge on any atom is -0.490 e. The van der Waals surface area contributed by atoms with Crippen LogP contribution in [-0.2, 0) is 16.8 Å². The van der Waals surface area contributed by atoms with Crippen molar-refractivity contribution in [1.82, 2.24) is 15.2 Å². The molecule has 5 heterocycles. The third-order valence-corrected chi connectivity index (χ3v) is 7.63. The Morgan fingerprint density at radius 3 is 2.61 bits per heavy atom. The van der Waals surface area contributed by atoms with Crippen LogP contribution in [0.2, 0.25) is 0 Å². The zero-order valence-electron chi connectivity index (χ0n) is 17.4. The Labute approximate surface area is 199 Å². The molecule has 1 N–H and O–H groups in total.